The molecular formula is C16H18Br2. The van der Waals surface area contributed by atoms with Gasteiger partial charge in [-0.25, -0.2) is 0 Å². The molecule has 0 spiro atoms. The second-order valence-corrected chi connectivity index (χ2v) is 6.46. The van der Waals surface area contributed by atoms with Crippen LogP contribution in [-0.2, 0) is 12.8 Å². The number of hydrogen-bond donors (Lipinski definition) is 0. The Morgan fingerprint density at radius 1 is 0.722 bits per heavy atom. The second-order valence-electron chi connectivity index (χ2n) is 4.75. The molecule has 0 aliphatic heterocycles. The predicted molar refractivity (Wildman–Crippen MR) is 87.3 cm³/mol. The van der Waals surface area contributed by atoms with Crippen LogP contribution in [0.5, 0.6) is 0 Å². The van der Waals surface area contributed by atoms with Crippen LogP contribution in [0, 0.1) is 0 Å². The third-order valence-electron chi connectivity index (χ3n) is 3.17. The molecule has 0 bridgehead atoms. The average molecular weight is 370 g/mol. The monoisotopic (exact) mass is 368 g/mol. The van der Waals surface area contributed by atoms with Gasteiger partial charge in [-0.05, 0) is 59.0 Å². The van der Waals surface area contributed by atoms with Gasteiger partial charge in [-0.15, -0.1) is 0 Å². The summed E-state index contributed by atoms with van der Waals surface area (Å²) in [6.07, 6.45) is 4.64. The molecule has 18 heavy (non-hydrogen) atoms. The van der Waals surface area contributed by atoms with Crippen molar-refractivity contribution in [3.63, 3.8) is 0 Å². The molecule has 0 aromatic heterocycles. The van der Waals surface area contributed by atoms with Crippen molar-refractivity contribution in [3.05, 3.63) is 44.3 Å². The lowest BCUT2D eigenvalue weighted by Gasteiger charge is -2.10. The molecule has 2 aromatic carbocycles. The van der Waals surface area contributed by atoms with Crippen LogP contribution in [-0.4, -0.2) is 0 Å². The first-order valence-corrected chi connectivity index (χ1v) is 8.14. The predicted octanol–water partition coefficient (Wildman–Crippen LogP) is 6.27. The highest BCUT2D eigenvalue weighted by molar-refractivity contribution is 9.11. The summed E-state index contributed by atoms with van der Waals surface area (Å²) in [5, 5.41) is 2.63. The van der Waals surface area contributed by atoms with Gasteiger partial charge in [0.1, 0.15) is 0 Å². The molecule has 0 N–H and O–H groups in total. The lowest BCUT2D eigenvalue weighted by molar-refractivity contribution is 0.919. The van der Waals surface area contributed by atoms with Crippen LogP contribution in [0.3, 0.4) is 0 Å². The molecule has 0 fully saturated rings. The lowest BCUT2D eigenvalue weighted by atomic mass is 10.0. The van der Waals surface area contributed by atoms with E-state index in [1.165, 1.54) is 43.7 Å². The minimum atomic E-state index is 1.14. The quantitative estimate of drug-likeness (QED) is 0.595. The summed E-state index contributed by atoms with van der Waals surface area (Å²) in [5.41, 5.74) is 2.81. The zero-order chi connectivity index (χ0) is 13.1. The second kappa shape index (κ2) is 6.21. The van der Waals surface area contributed by atoms with E-state index < -0.39 is 0 Å². The number of hydrogen-bond acceptors (Lipinski definition) is 0. The zero-order valence-electron chi connectivity index (χ0n) is 10.9. The van der Waals surface area contributed by atoms with Crippen LogP contribution in [0.1, 0.15) is 37.8 Å². The van der Waals surface area contributed by atoms with Gasteiger partial charge in [0.05, 0.1) is 0 Å². The normalized spacial score (nSPS) is 11.1. The molecule has 2 aromatic rings. The molecule has 0 amide bonds. The van der Waals surface area contributed by atoms with Crippen LogP contribution < -0.4 is 0 Å². The number of halogens is 2. The van der Waals surface area contributed by atoms with Crippen LogP contribution in [0.2, 0.25) is 0 Å². The maximum absolute atomic E-state index is 3.72. The lowest BCUT2D eigenvalue weighted by Crippen LogP contribution is -1.89. The molecule has 2 rings (SSSR count). The molecule has 0 aliphatic rings. The van der Waals surface area contributed by atoms with Crippen molar-refractivity contribution in [2.24, 2.45) is 0 Å². The van der Waals surface area contributed by atoms with Gasteiger partial charge in [0, 0.05) is 8.95 Å². The maximum atomic E-state index is 3.72. The molecule has 0 atom stereocenters. The van der Waals surface area contributed by atoms with E-state index in [-0.39, 0.29) is 0 Å². The van der Waals surface area contributed by atoms with Crippen molar-refractivity contribution < 1.29 is 0 Å². The first-order chi connectivity index (χ1) is 8.65. The van der Waals surface area contributed by atoms with Crippen LogP contribution >= 0.6 is 31.9 Å². The van der Waals surface area contributed by atoms with Crippen molar-refractivity contribution >= 4 is 42.6 Å². The number of rotatable bonds is 4. The Labute approximate surface area is 126 Å². The van der Waals surface area contributed by atoms with E-state index in [9.17, 15) is 0 Å². The van der Waals surface area contributed by atoms with E-state index in [1.54, 1.807) is 0 Å². The SMILES string of the molecule is CCCc1cc(Br)c2cc(CCC)cc(Br)c2c1. The third kappa shape index (κ3) is 2.97. The van der Waals surface area contributed by atoms with Gasteiger partial charge in [-0.3, -0.25) is 0 Å². The first-order valence-electron chi connectivity index (χ1n) is 6.56. The standard InChI is InChI=1S/C16H18Br2/c1-3-5-11-7-13-14(15(17)9-11)8-12(6-4-2)10-16(13)18/h7-10H,3-6H2,1-2H3. The Morgan fingerprint density at radius 2 is 1.11 bits per heavy atom. The van der Waals surface area contributed by atoms with Crippen LogP contribution in [0.4, 0.5) is 0 Å². The Morgan fingerprint density at radius 3 is 1.44 bits per heavy atom. The number of benzene rings is 2. The molecule has 0 nitrogen and oxygen atoms in total. The van der Waals surface area contributed by atoms with Crippen LogP contribution in [0.25, 0.3) is 10.8 Å². The molecule has 0 saturated carbocycles. The summed E-state index contributed by atoms with van der Waals surface area (Å²) in [6.45, 7) is 4.44. The minimum Gasteiger partial charge on any atom is -0.0651 e. The summed E-state index contributed by atoms with van der Waals surface area (Å²) >= 11 is 7.43. The topological polar surface area (TPSA) is 0 Å². The van der Waals surface area contributed by atoms with Gasteiger partial charge >= 0.3 is 0 Å². The van der Waals surface area contributed by atoms with E-state index in [0.29, 0.717) is 0 Å². The molecule has 2 heteroatoms. The van der Waals surface area contributed by atoms with Gasteiger partial charge in [0.2, 0.25) is 0 Å². The Bertz CT molecular complexity index is 507. The van der Waals surface area contributed by atoms with E-state index >= 15 is 0 Å². The van der Waals surface area contributed by atoms with Crippen molar-refractivity contribution in [1.82, 2.24) is 0 Å². The zero-order valence-corrected chi connectivity index (χ0v) is 14.1. The maximum Gasteiger partial charge on any atom is 0.0256 e. The van der Waals surface area contributed by atoms with Crippen molar-refractivity contribution in [3.8, 4) is 0 Å². The summed E-state index contributed by atoms with van der Waals surface area (Å²) in [5.74, 6) is 0. The highest BCUT2D eigenvalue weighted by atomic mass is 79.9. The largest absolute Gasteiger partial charge is 0.0651 e. The average Bonchev–Trinajstić information content (AvgIpc) is 2.32. The Balaban J connectivity index is 2.60. The fraction of sp³-hybridized carbons (Fsp3) is 0.375. The van der Waals surface area contributed by atoms with Crippen LogP contribution in [0.15, 0.2) is 33.2 Å². The smallest absolute Gasteiger partial charge is 0.0256 e. The summed E-state index contributed by atoms with van der Waals surface area (Å²) < 4.78 is 2.42. The molecule has 96 valence electrons. The van der Waals surface area contributed by atoms with Crippen molar-refractivity contribution in [1.29, 1.82) is 0 Å². The van der Waals surface area contributed by atoms with Gasteiger partial charge < -0.3 is 0 Å². The van der Waals surface area contributed by atoms with Gasteiger partial charge in [0.15, 0.2) is 0 Å². The molecule has 0 unspecified atom stereocenters. The fourth-order valence-electron chi connectivity index (χ4n) is 2.35. The highest BCUT2D eigenvalue weighted by Crippen LogP contribution is 2.33. The summed E-state index contributed by atoms with van der Waals surface area (Å²) in [6, 6.07) is 9.13. The molecule has 0 radical (unpaired) electrons. The number of aryl methyl sites for hydroxylation is 2. The molecule has 0 saturated heterocycles. The fourth-order valence-corrected chi connectivity index (χ4v) is 3.60. The summed E-state index contributed by atoms with van der Waals surface area (Å²) in [4.78, 5) is 0. The summed E-state index contributed by atoms with van der Waals surface area (Å²) in [7, 11) is 0. The Kier molecular flexibility index (Phi) is 4.85. The van der Waals surface area contributed by atoms with E-state index in [2.05, 4.69) is 70.0 Å². The molecule has 0 heterocycles. The first kappa shape index (κ1) is 14.1. The Hall–Kier alpha value is -0.340. The van der Waals surface area contributed by atoms with Gasteiger partial charge in [-0.1, -0.05) is 58.5 Å². The van der Waals surface area contributed by atoms with Crippen molar-refractivity contribution in [2.45, 2.75) is 39.5 Å². The minimum absolute atomic E-state index is 1.14. The van der Waals surface area contributed by atoms with E-state index in [4.69, 9.17) is 0 Å². The highest BCUT2D eigenvalue weighted by Gasteiger charge is 2.07. The number of fused-ring (bicyclic) bond motifs is 1. The van der Waals surface area contributed by atoms with Crippen molar-refractivity contribution in [2.75, 3.05) is 0 Å². The third-order valence-corrected chi connectivity index (χ3v) is 4.48. The molecular weight excluding hydrogens is 352 g/mol. The molecule has 0 aliphatic carbocycles. The van der Waals surface area contributed by atoms with E-state index in [0.717, 1.165) is 12.8 Å². The van der Waals surface area contributed by atoms with Gasteiger partial charge in [-0.2, -0.15) is 0 Å². The van der Waals surface area contributed by atoms with E-state index in [1.807, 2.05) is 0 Å². The van der Waals surface area contributed by atoms with Gasteiger partial charge in [0.25, 0.3) is 0 Å².